The minimum absolute atomic E-state index is 0.0946. The molecule has 7 nitrogen and oxygen atoms in total. The number of anilines is 1. The summed E-state index contributed by atoms with van der Waals surface area (Å²) in [5.41, 5.74) is 0.820. The third-order valence-electron chi connectivity index (χ3n) is 4.17. The highest BCUT2D eigenvalue weighted by atomic mass is 79.9. The van der Waals surface area contributed by atoms with Gasteiger partial charge in [-0.3, -0.25) is 9.59 Å². The van der Waals surface area contributed by atoms with Crippen molar-refractivity contribution in [3.05, 3.63) is 66.9 Å². The lowest BCUT2D eigenvalue weighted by molar-refractivity contribution is 0.0943. The standard InChI is InChI=1S/C20H17Br2Cl2N5O2/c1-10(2)26-19(30)12-7-11(23)8-13(21)17(12)28(3)20(31)15-9-16(22)27-29(15)18-14(24)5-4-6-25-18/h4-10H,1-3H3,(H,26,30). The van der Waals surface area contributed by atoms with Gasteiger partial charge in [0.1, 0.15) is 10.3 Å². The van der Waals surface area contributed by atoms with Gasteiger partial charge in [-0.1, -0.05) is 23.2 Å². The Morgan fingerprint density at radius 1 is 1.19 bits per heavy atom. The van der Waals surface area contributed by atoms with Crippen LogP contribution in [0.5, 0.6) is 0 Å². The van der Waals surface area contributed by atoms with Crippen molar-refractivity contribution < 1.29 is 9.59 Å². The van der Waals surface area contributed by atoms with Gasteiger partial charge in [0.05, 0.1) is 16.3 Å². The molecule has 0 spiro atoms. The Morgan fingerprint density at radius 3 is 2.55 bits per heavy atom. The Morgan fingerprint density at radius 2 is 1.90 bits per heavy atom. The molecule has 1 N–H and O–H groups in total. The molecule has 2 aromatic heterocycles. The number of carbonyl (C=O) groups is 2. The van der Waals surface area contributed by atoms with Crippen LogP contribution < -0.4 is 10.2 Å². The Bertz CT molecular complexity index is 1170. The van der Waals surface area contributed by atoms with Crippen molar-refractivity contribution in [3.63, 3.8) is 0 Å². The highest BCUT2D eigenvalue weighted by Gasteiger charge is 2.27. The van der Waals surface area contributed by atoms with E-state index in [1.54, 1.807) is 37.5 Å². The minimum atomic E-state index is -0.429. The first kappa shape index (κ1) is 23.7. The molecular formula is C20H17Br2Cl2N5O2. The van der Waals surface area contributed by atoms with Crippen LogP contribution in [-0.2, 0) is 0 Å². The van der Waals surface area contributed by atoms with Crippen LogP contribution in [0.1, 0.15) is 34.7 Å². The first-order valence-electron chi connectivity index (χ1n) is 9.04. The lowest BCUT2D eigenvalue weighted by atomic mass is 10.1. The molecule has 0 unspecified atom stereocenters. The normalized spacial score (nSPS) is 11.0. The fourth-order valence-electron chi connectivity index (χ4n) is 2.89. The average Bonchev–Trinajstić information content (AvgIpc) is 3.07. The number of hydrogen-bond donors (Lipinski definition) is 1. The summed E-state index contributed by atoms with van der Waals surface area (Å²) >= 11 is 19.2. The zero-order valence-electron chi connectivity index (χ0n) is 16.7. The monoisotopic (exact) mass is 587 g/mol. The summed E-state index contributed by atoms with van der Waals surface area (Å²) in [5.74, 6) is -0.476. The molecule has 0 bridgehead atoms. The number of carbonyl (C=O) groups excluding carboxylic acids is 2. The van der Waals surface area contributed by atoms with E-state index in [1.807, 2.05) is 13.8 Å². The van der Waals surface area contributed by atoms with E-state index < -0.39 is 5.91 Å². The van der Waals surface area contributed by atoms with Crippen LogP contribution in [0.2, 0.25) is 10.0 Å². The largest absolute Gasteiger partial charge is 0.350 e. The van der Waals surface area contributed by atoms with Crippen molar-refractivity contribution in [2.75, 3.05) is 11.9 Å². The van der Waals surface area contributed by atoms with Crippen molar-refractivity contribution in [2.45, 2.75) is 19.9 Å². The summed E-state index contributed by atoms with van der Waals surface area (Å²) in [5, 5.41) is 7.82. The highest BCUT2D eigenvalue weighted by molar-refractivity contribution is 9.10. The Kier molecular flexibility index (Phi) is 7.41. The van der Waals surface area contributed by atoms with Gasteiger partial charge >= 0.3 is 0 Å². The molecule has 0 aliphatic heterocycles. The topological polar surface area (TPSA) is 80.1 Å². The number of rotatable bonds is 5. The molecule has 1 aromatic carbocycles. The molecule has 31 heavy (non-hydrogen) atoms. The third kappa shape index (κ3) is 5.11. The molecule has 3 rings (SSSR count). The van der Waals surface area contributed by atoms with Crippen molar-refractivity contribution in [2.24, 2.45) is 0 Å². The van der Waals surface area contributed by atoms with Gasteiger partial charge in [-0.15, -0.1) is 0 Å². The molecule has 0 saturated carbocycles. The molecular weight excluding hydrogens is 573 g/mol. The molecule has 11 heteroatoms. The SMILES string of the molecule is CC(C)NC(=O)c1cc(Cl)cc(Br)c1N(C)C(=O)c1cc(Br)nn1-c1ncccc1Cl. The van der Waals surface area contributed by atoms with E-state index >= 15 is 0 Å². The van der Waals surface area contributed by atoms with Crippen molar-refractivity contribution in [1.29, 1.82) is 0 Å². The summed E-state index contributed by atoms with van der Waals surface area (Å²) in [6.45, 7) is 3.69. The molecule has 2 heterocycles. The lowest BCUT2D eigenvalue weighted by Gasteiger charge is -2.23. The van der Waals surface area contributed by atoms with Crippen LogP contribution in [0.4, 0.5) is 5.69 Å². The second-order valence-corrected chi connectivity index (χ2v) is 9.36. The predicted octanol–water partition coefficient (Wildman–Crippen LogP) is 5.51. The Labute approximate surface area is 206 Å². The maximum absolute atomic E-state index is 13.5. The van der Waals surface area contributed by atoms with E-state index in [-0.39, 0.29) is 23.2 Å². The maximum Gasteiger partial charge on any atom is 0.276 e. The number of halogens is 4. The van der Waals surface area contributed by atoms with Gasteiger partial charge < -0.3 is 10.2 Å². The van der Waals surface area contributed by atoms with Gasteiger partial charge in [-0.25, -0.2) is 9.67 Å². The number of hydrogen-bond acceptors (Lipinski definition) is 4. The lowest BCUT2D eigenvalue weighted by Crippen LogP contribution is -2.34. The molecule has 0 atom stereocenters. The molecule has 162 valence electrons. The third-order valence-corrected chi connectivity index (χ3v) is 5.68. The summed E-state index contributed by atoms with van der Waals surface area (Å²) in [6.07, 6.45) is 1.55. The molecule has 0 saturated heterocycles. The number of nitrogens with one attached hydrogen (secondary N) is 1. The fraction of sp³-hybridized carbons (Fsp3) is 0.200. The van der Waals surface area contributed by atoms with E-state index in [0.717, 1.165) is 0 Å². The Balaban J connectivity index is 2.10. The van der Waals surface area contributed by atoms with Crippen LogP contribution in [0.15, 0.2) is 45.6 Å². The summed E-state index contributed by atoms with van der Waals surface area (Å²) in [4.78, 5) is 31.9. The summed E-state index contributed by atoms with van der Waals surface area (Å²) < 4.78 is 2.27. The van der Waals surface area contributed by atoms with E-state index in [1.165, 1.54) is 15.6 Å². The van der Waals surface area contributed by atoms with Crippen LogP contribution in [-0.4, -0.2) is 39.7 Å². The van der Waals surface area contributed by atoms with Crippen molar-refractivity contribution in [1.82, 2.24) is 20.1 Å². The van der Waals surface area contributed by atoms with Gasteiger partial charge in [0.2, 0.25) is 0 Å². The van der Waals surface area contributed by atoms with Crippen molar-refractivity contribution in [3.8, 4) is 5.82 Å². The highest BCUT2D eigenvalue weighted by Crippen LogP contribution is 2.34. The average molecular weight is 590 g/mol. The van der Waals surface area contributed by atoms with E-state index in [0.29, 0.717) is 30.6 Å². The minimum Gasteiger partial charge on any atom is -0.350 e. The number of nitrogens with zero attached hydrogens (tertiary/aromatic N) is 4. The van der Waals surface area contributed by atoms with E-state index in [9.17, 15) is 9.59 Å². The Hall–Kier alpha value is -1.94. The molecule has 0 fully saturated rings. The number of benzene rings is 1. The molecule has 2 amide bonds. The maximum atomic E-state index is 13.5. The quantitative estimate of drug-likeness (QED) is 0.425. The summed E-state index contributed by atoms with van der Waals surface area (Å²) in [7, 11) is 1.56. The summed E-state index contributed by atoms with van der Waals surface area (Å²) in [6, 6.07) is 7.94. The number of amides is 2. The van der Waals surface area contributed by atoms with Crippen LogP contribution in [0, 0.1) is 0 Å². The molecule has 3 aromatic rings. The van der Waals surface area contributed by atoms with Gasteiger partial charge in [-0.2, -0.15) is 5.10 Å². The number of pyridine rings is 1. The fourth-order valence-corrected chi connectivity index (χ4v) is 4.55. The van der Waals surface area contributed by atoms with Gasteiger partial charge in [0, 0.05) is 34.8 Å². The zero-order valence-corrected chi connectivity index (χ0v) is 21.3. The van der Waals surface area contributed by atoms with Crippen molar-refractivity contribution >= 4 is 72.6 Å². The smallest absolute Gasteiger partial charge is 0.276 e. The predicted molar refractivity (Wildman–Crippen MR) is 129 cm³/mol. The van der Waals surface area contributed by atoms with Gasteiger partial charge in [-0.05, 0) is 70.0 Å². The van der Waals surface area contributed by atoms with Crippen LogP contribution in [0.25, 0.3) is 5.82 Å². The van der Waals surface area contributed by atoms with Crippen LogP contribution in [0.3, 0.4) is 0 Å². The first-order valence-corrected chi connectivity index (χ1v) is 11.4. The second-order valence-electron chi connectivity index (χ2n) is 6.85. The van der Waals surface area contributed by atoms with Gasteiger partial charge in [0.15, 0.2) is 5.82 Å². The first-order chi connectivity index (χ1) is 14.6. The van der Waals surface area contributed by atoms with Crippen LogP contribution >= 0.6 is 55.1 Å². The molecule has 0 aliphatic rings. The second kappa shape index (κ2) is 9.68. The van der Waals surface area contributed by atoms with E-state index in [4.69, 9.17) is 23.2 Å². The van der Waals surface area contributed by atoms with E-state index in [2.05, 4.69) is 47.3 Å². The molecule has 0 aliphatic carbocycles. The number of aromatic nitrogens is 3. The molecule has 0 radical (unpaired) electrons. The zero-order chi connectivity index (χ0) is 22.9. The van der Waals surface area contributed by atoms with Gasteiger partial charge in [0.25, 0.3) is 11.8 Å².